The maximum Gasteiger partial charge on any atom is 0.261 e. The molecule has 0 saturated heterocycles. The Bertz CT molecular complexity index is 1240. The first-order valence-corrected chi connectivity index (χ1v) is 10.2. The molecule has 2 amide bonds. The highest BCUT2D eigenvalue weighted by Crippen LogP contribution is 2.30. The Hall–Kier alpha value is -3.36. The number of imide groups is 1. The average molecular weight is 429 g/mol. The summed E-state index contributed by atoms with van der Waals surface area (Å²) in [5, 5.41) is 2.58. The van der Waals surface area contributed by atoms with Gasteiger partial charge in [0, 0.05) is 5.69 Å². The van der Waals surface area contributed by atoms with Crippen LogP contribution in [0.1, 0.15) is 20.7 Å². The summed E-state index contributed by atoms with van der Waals surface area (Å²) < 4.78 is 33.4. The van der Waals surface area contributed by atoms with E-state index >= 15 is 0 Å². The zero-order valence-electron chi connectivity index (χ0n) is 14.7. The number of fused-ring (bicyclic) bond motifs is 1. The molecule has 7 nitrogen and oxygen atoms in total. The molecule has 0 spiro atoms. The number of hydrogen-bond donors (Lipinski definition) is 2. The zero-order chi connectivity index (χ0) is 20.6. The topological polar surface area (TPSA) is 102 Å². The van der Waals surface area contributed by atoms with E-state index in [1.165, 1.54) is 30.3 Å². The normalized spacial score (nSPS) is 13.0. The Labute approximate surface area is 171 Å². The van der Waals surface area contributed by atoms with Crippen molar-refractivity contribution < 1.29 is 22.7 Å². The average Bonchev–Trinajstić information content (AvgIpc) is 2.98. The van der Waals surface area contributed by atoms with Crippen molar-refractivity contribution in [2.24, 2.45) is 0 Å². The molecule has 29 heavy (non-hydrogen) atoms. The van der Waals surface area contributed by atoms with Gasteiger partial charge in [0.05, 0.1) is 21.0 Å². The molecule has 3 aromatic rings. The standard InChI is InChI=1S/C20H13ClN2O5S/c21-17-3-1-2-4-18(17)28-13-7-5-12(6-8-13)23-29(26,27)14-9-10-15-16(11-14)20(25)22-19(15)24/h1-11,23H,(H,22,24,25). The van der Waals surface area contributed by atoms with Crippen LogP contribution in [0.25, 0.3) is 0 Å². The fourth-order valence-electron chi connectivity index (χ4n) is 2.77. The van der Waals surface area contributed by atoms with Gasteiger partial charge in [0.25, 0.3) is 21.8 Å². The number of amides is 2. The van der Waals surface area contributed by atoms with Crippen LogP contribution >= 0.6 is 11.6 Å². The van der Waals surface area contributed by atoms with Crippen LogP contribution in [0.3, 0.4) is 0 Å². The number of carbonyl (C=O) groups is 2. The molecule has 1 aliphatic heterocycles. The summed E-state index contributed by atoms with van der Waals surface area (Å²) in [6.07, 6.45) is 0. The lowest BCUT2D eigenvalue weighted by Gasteiger charge is -2.11. The van der Waals surface area contributed by atoms with Crippen molar-refractivity contribution in [2.75, 3.05) is 4.72 Å². The summed E-state index contributed by atoms with van der Waals surface area (Å²) in [7, 11) is -3.96. The highest BCUT2D eigenvalue weighted by atomic mass is 35.5. The van der Waals surface area contributed by atoms with E-state index in [2.05, 4.69) is 10.0 Å². The van der Waals surface area contributed by atoms with Crippen LogP contribution in [0, 0.1) is 0 Å². The first kappa shape index (κ1) is 19.0. The van der Waals surface area contributed by atoms with Crippen molar-refractivity contribution >= 4 is 39.1 Å². The van der Waals surface area contributed by atoms with Gasteiger partial charge in [-0.3, -0.25) is 19.6 Å². The number of rotatable bonds is 5. The lowest BCUT2D eigenvalue weighted by molar-refractivity contribution is 0.0879. The number of halogens is 1. The molecule has 0 saturated carbocycles. The molecule has 4 rings (SSSR count). The Kier molecular flexibility index (Phi) is 4.73. The van der Waals surface area contributed by atoms with Gasteiger partial charge in [-0.25, -0.2) is 8.42 Å². The second-order valence-electron chi connectivity index (χ2n) is 6.15. The van der Waals surface area contributed by atoms with Gasteiger partial charge in [0.2, 0.25) is 0 Å². The van der Waals surface area contributed by atoms with Gasteiger partial charge >= 0.3 is 0 Å². The molecular formula is C20H13ClN2O5S. The number of sulfonamides is 1. The summed E-state index contributed by atoms with van der Waals surface area (Å²) >= 11 is 6.05. The van der Waals surface area contributed by atoms with Crippen LogP contribution in [0.15, 0.2) is 71.6 Å². The predicted octanol–water partition coefficient (Wildman–Crippen LogP) is 3.82. The smallest absolute Gasteiger partial charge is 0.261 e. The number of hydrogen-bond acceptors (Lipinski definition) is 5. The van der Waals surface area contributed by atoms with Crippen LogP contribution in [0.4, 0.5) is 5.69 Å². The van der Waals surface area contributed by atoms with Crippen LogP contribution < -0.4 is 14.8 Å². The second-order valence-corrected chi connectivity index (χ2v) is 8.24. The molecule has 0 atom stereocenters. The number of para-hydroxylation sites is 1. The Morgan fingerprint density at radius 1 is 0.862 bits per heavy atom. The summed E-state index contributed by atoms with van der Waals surface area (Å²) in [4.78, 5) is 23.2. The number of nitrogens with one attached hydrogen (secondary N) is 2. The molecule has 2 N–H and O–H groups in total. The third-order valence-corrected chi connectivity index (χ3v) is 5.88. The van der Waals surface area contributed by atoms with E-state index < -0.39 is 21.8 Å². The minimum atomic E-state index is -3.96. The van der Waals surface area contributed by atoms with Gasteiger partial charge < -0.3 is 4.74 Å². The Morgan fingerprint density at radius 3 is 2.28 bits per heavy atom. The molecule has 3 aromatic carbocycles. The number of anilines is 1. The quantitative estimate of drug-likeness (QED) is 0.601. The van der Waals surface area contributed by atoms with E-state index in [9.17, 15) is 18.0 Å². The zero-order valence-corrected chi connectivity index (χ0v) is 16.3. The molecule has 1 heterocycles. The molecule has 0 unspecified atom stereocenters. The van der Waals surface area contributed by atoms with Crippen LogP contribution in [-0.4, -0.2) is 20.2 Å². The minimum absolute atomic E-state index is 0.0290. The van der Waals surface area contributed by atoms with E-state index in [0.717, 1.165) is 0 Å². The largest absolute Gasteiger partial charge is 0.456 e. The maximum absolute atomic E-state index is 12.6. The predicted molar refractivity (Wildman–Crippen MR) is 107 cm³/mol. The lowest BCUT2D eigenvalue weighted by atomic mass is 10.1. The molecule has 146 valence electrons. The summed E-state index contributed by atoms with van der Waals surface area (Å²) in [6, 6.07) is 17.0. The highest BCUT2D eigenvalue weighted by Gasteiger charge is 2.28. The monoisotopic (exact) mass is 428 g/mol. The van der Waals surface area contributed by atoms with E-state index in [4.69, 9.17) is 16.3 Å². The molecule has 0 bridgehead atoms. The molecular weight excluding hydrogens is 416 g/mol. The molecule has 0 radical (unpaired) electrons. The van der Waals surface area contributed by atoms with Crippen molar-refractivity contribution in [1.29, 1.82) is 0 Å². The second kappa shape index (κ2) is 7.23. The number of ether oxygens (including phenoxy) is 1. The summed E-state index contributed by atoms with van der Waals surface area (Å²) in [6.45, 7) is 0. The molecule has 9 heteroatoms. The fourth-order valence-corrected chi connectivity index (χ4v) is 4.03. The summed E-state index contributed by atoms with van der Waals surface area (Å²) in [5.41, 5.74) is 0.480. The van der Waals surface area contributed by atoms with Gasteiger partial charge in [-0.1, -0.05) is 23.7 Å². The highest BCUT2D eigenvalue weighted by molar-refractivity contribution is 7.92. The van der Waals surface area contributed by atoms with E-state index in [-0.39, 0.29) is 16.0 Å². The van der Waals surface area contributed by atoms with E-state index in [1.54, 1.807) is 36.4 Å². The van der Waals surface area contributed by atoms with Crippen LogP contribution in [0.5, 0.6) is 11.5 Å². The Morgan fingerprint density at radius 2 is 1.55 bits per heavy atom. The SMILES string of the molecule is O=C1NC(=O)c2cc(S(=O)(=O)Nc3ccc(Oc4ccccc4Cl)cc3)ccc21. The number of carbonyl (C=O) groups excluding carboxylic acids is 2. The van der Waals surface area contributed by atoms with E-state index in [1.807, 2.05) is 0 Å². The van der Waals surface area contributed by atoms with Crippen molar-refractivity contribution in [3.63, 3.8) is 0 Å². The third kappa shape index (κ3) is 3.80. The third-order valence-electron chi connectivity index (χ3n) is 4.19. The lowest BCUT2D eigenvalue weighted by Crippen LogP contribution is -2.19. The molecule has 0 fully saturated rings. The molecule has 1 aliphatic rings. The van der Waals surface area contributed by atoms with Crippen molar-refractivity contribution in [1.82, 2.24) is 5.32 Å². The summed E-state index contributed by atoms with van der Waals surface area (Å²) in [5.74, 6) is -0.207. The maximum atomic E-state index is 12.6. The minimum Gasteiger partial charge on any atom is -0.456 e. The Balaban J connectivity index is 1.53. The van der Waals surface area contributed by atoms with Crippen molar-refractivity contribution in [2.45, 2.75) is 4.90 Å². The van der Waals surface area contributed by atoms with Crippen LogP contribution in [0.2, 0.25) is 5.02 Å². The van der Waals surface area contributed by atoms with Crippen molar-refractivity contribution in [3.8, 4) is 11.5 Å². The van der Waals surface area contributed by atoms with Gasteiger partial charge in [0.15, 0.2) is 0 Å². The van der Waals surface area contributed by atoms with Gasteiger partial charge in [0.1, 0.15) is 11.5 Å². The first-order chi connectivity index (χ1) is 13.8. The number of benzene rings is 3. The molecule has 0 aliphatic carbocycles. The first-order valence-electron chi connectivity index (χ1n) is 8.38. The van der Waals surface area contributed by atoms with Crippen LogP contribution in [-0.2, 0) is 10.0 Å². The van der Waals surface area contributed by atoms with Gasteiger partial charge in [-0.2, -0.15) is 0 Å². The fraction of sp³-hybridized carbons (Fsp3) is 0. The van der Waals surface area contributed by atoms with Gasteiger partial charge in [-0.15, -0.1) is 0 Å². The molecule has 0 aromatic heterocycles. The van der Waals surface area contributed by atoms with E-state index in [0.29, 0.717) is 22.2 Å². The van der Waals surface area contributed by atoms with Gasteiger partial charge in [-0.05, 0) is 54.6 Å². The van der Waals surface area contributed by atoms with Crippen molar-refractivity contribution in [3.05, 3.63) is 82.9 Å².